The molecule has 1 aromatic rings. The molecule has 1 N–H and O–H groups in total. The highest BCUT2D eigenvalue weighted by atomic mass is 32.2. The van der Waals surface area contributed by atoms with Crippen LogP contribution < -0.4 is 4.90 Å². The van der Waals surface area contributed by atoms with Crippen LogP contribution in [0.5, 0.6) is 0 Å². The van der Waals surface area contributed by atoms with Crippen molar-refractivity contribution in [3.63, 3.8) is 0 Å². The summed E-state index contributed by atoms with van der Waals surface area (Å²) >= 11 is 1.96. The molecule has 23 heavy (non-hydrogen) atoms. The number of nitrogens with zero attached hydrogens (tertiary/aromatic N) is 2. The van der Waals surface area contributed by atoms with E-state index in [9.17, 15) is 9.90 Å². The summed E-state index contributed by atoms with van der Waals surface area (Å²) in [5, 5.41) is 10.6. The largest absolute Gasteiger partial charge is 0.393 e. The number of rotatable bonds is 2. The molecule has 2 atom stereocenters. The van der Waals surface area contributed by atoms with Crippen molar-refractivity contribution in [3.05, 3.63) is 29.8 Å². The van der Waals surface area contributed by atoms with Gasteiger partial charge in [0.2, 0.25) is 0 Å². The van der Waals surface area contributed by atoms with Crippen LogP contribution in [0.25, 0.3) is 0 Å². The predicted octanol–water partition coefficient (Wildman–Crippen LogP) is 2.61. The molecule has 4 nitrogen and oxygen atoms in total. The minimum atomic E-state index is -0.159. The van der Waals surface area contributed by atoms with Crippen molar-refractivity contribution in [2.24, 2.45) is 0 Å². The minimum Gasteiger partial charge on any atom is -0.393 e. The van der Waals surface area contributed by atoms with Gasteiger partial charge in [0.1, 0.15) is 0 Å². The molecule has 5 heteroatoms. The average molecular weight is 334 g/mol. The van der Waals surface area contributed by atoms with Crippen LogP contribution in [0.15, 0.2) is 24.3 Å². The number of amides is 1. The van der Waals surface area contributed by atoms with Crippen molar-refractivity contribution >= 4 is 23.4 Å². The van der Waals surface area contributed by atoms with Crippen LogP contribution in [0, 0.1) is 0 Å². The first-order valence-corrected chi connectivity index (χ1v) is 9.45. The summed E-state index contributed by atoms with van der Waals surface area (Å²) in [5.74, 6) is 0.143. The molecule has 0 spiro atoms. The standard InChI is InChI=1S/C18H26N2O2S/c1-13-11-20(12-14(2)23-13)18(22)15-3-5-16(6-4-15)19-9-7-17(21)8-10-19/h3-6,13-14,17,21H,7-12H2,1-2H3. The molecule has 2 aliphatic rings. The molecular weight excluding hydrogens is 308 g/mol. The van der Waals surface area contributed by atoms with Crippen molar-refractivity contribution < 1.29 is 9.90 Å². The summed E-state index contributed by atoms with van der Waals surface area (Å²) < 4.78 is 0. The number of anilines is 1. The molecule has 2 fully saturated rings. The molecule has 0 radical (unpaired) electrons. The Morgan fingerprint density at radius 2 is 1.65 bits per heavy atom. The Morgan fingerprint density at radius 1 is 1.09 bits per heavy atom. The van der Waals surface area contributed by atoms with E-state index in [1.165, 1.54) is 0 Å². The Hall–Kier alpha value is -1.20. The SMILES string of the molecule is CC1CN(C(=O)c2ccc(N3CCC(O)CC3)cc2)CC(C)S1. The van der Waals surface area contributed by atoms with Crippen LogP contribution in [0.2, 0.25) is 0 Å². The van der Waals surface area contributed by atoms with E-state index in [0.717, 1.165) is 50.3 Å². The summed E-state index contributed by atoms with van der Waals surface area (Å²) in [5.41, 5.74) is 1.92. The topological polar surface area (TPSA) is 43.8 Å². The summed E-state index contributed by atoms with van der Waals surface area (Å²) in [6.45, 7) is 7.81. The zero-order valence-corrected chi connectivity index (χ0v) is 14.8. The van der Waals surface area contributed by atoms with Gasteiger partial charge in [-0.1, -0.05) is 13.8 Å². The maximum Gasteiger partial charge on any atom is 0.253 e. The molecule has 0 aliphatic carbocycles. The molecule has 2 saturated heterocycles. The van der Waals surface area contributed by atoms with Crippen molar-refractivity contribution in [1.29, 1.82) is 0 Å². The van der Waals surface area contributed by atoms with Gasteiger partial charge in [0.25, 0.3) is 5.91 Å². The summed E-state index contributed by atoms with van der Waals surface area (Å²) in [6.07, 6.45) is 1.48. The number of piperidine rings is 1. The third kappa shape index (κ3) is 4.01. The molecule has 2 aliphatic heterocycles. The molecule has 2 heterocycles. The quantitative estimate of drug-likeness (QED) is 0.903. The number of thioether (sulfide) groups is 1. The second-order valence-electron chi connectivity index (χ2n) is 6.73. The van der Waals surface area contributed by atoms with E-state index in [4.69, 9.17) is 0 Å². The number of hydrogen-bond acceptors (Lipinski definition) is 4. The zero-order valence-electron chi connectivity index (χ0n) is 13.9. The van der Waals surface area contributed by atoms with Gasteiger partial charge in [-0.05, 0) is 37.1 Å². The van der Waals surface area contributed by atoms with Crippen molar-refractivity contribution in [1.82, 2.24) is 4.90 Å². The second kappa shape index (κ2) is 7.14. The van der Waals surface area contributed by atoms with Crippen molar-refractivity contribution in [2.45, 2.75) is 43.3 Å². The molecule has 0 aromatic heterocycles. The lowest BCUT2D eigenvalue weighted by atomic mass is 10.1. The number of aliphatic hydroxyl groups excluding tert-OH is 1. The van der Waals surface area contributed by atoms with Crippen molar-refractivity contribution in [2.75, 3.05) is 31.1 Å². The number of carbonyl (C=O) groups is 1. The van der Waals surface area contributed by atoms with Crippen LogP contribution in [-0.2, 0) is 0 Å². The molecule has 126 valence electrons. The fraction of sp³-hybridized carbons (Fsp3) is 0.611. The van der Waals surface area contributed by atoms with Crippen LogP contribution in [0.1, 0.15) is 37.0 Å². The third-order valence-corrected chi connectivity index (χ3v) is 5.88. The number of carbonyl (C=O) groups excluding carboxylic acids is 1. The number of hydrogen-bond donors (Lipinski definition) is 1. The fourth-order valence-electron chi connectivity index (χ4n) is 3.47. The molecular formula is C18H26N2O2S. The van der Waals surface area contributed by atoms with E-state index in [0.29, 0.717) is 10.5 Å². The fourth-order valence-corrected chi connectivity index (χ4v) is 4.79. The van der Waals surface area contributed by atoms with E-state index in [-0.39, 0.29) is 12.0 Å². The van der Waals surface area contributed by atoms with E-state index >= 15 is 0 Å². The van der Waals surface area contributed by atoms with E-state index < -0.39 is 0 Å². The highest BCUT2D eigenvalue weighted by molar-refractivity contribution is 8.00. The normalized spacial score (nSPS) is 26.4. The molecule has 0 saturated carbocycles. The second-order valence-corrected chi connectivity index (χ2v) is 8.61. The number of benzene rings is 1. The maximum atomic E-state index is 12.7. The predicted molar refractivity (Wildman–Crippen MR) is 96.3 cm³/mol. The Labute approximate surface area is 142 Å². The van der Waals surface area contributed by atoms with Gasteiger partial charge in [0.15, 0.2) is 0 Å². The van der Waals surface area contributed by atoms with Crippen molar-refractivity contribution in [3.8, 4) is 0 Å². The summed E-state index contributed by atoms with van der Waals surface area (Å²) in [4.78, 5) is 17.0. The lowest BCUT2D eigenvalue weighted by Crippen LogP contribution is -2.44. The van der Waals surface area contributed by atoms with Gasteiger partial charge in [0, 0.05) is 47.9 Å². The smallest absolute Gasteiger partial charge is 0.253 e. The molecule has 1 aromatic carbocycles. The first kappa shape index (κ1) is 16.7. The van der Waals surface area contributed by atoms with Crippen LogP contribution in [0.4, 0.5) is 5.69 Å². The van der Waals surface area contributed by atoms with Gasteiger partial charge in [-0.2, -0.15) is 11.8 Å². The average Bonchev–Trinajstić information content (AvgIpc) is 2.54. The molecule has 0 bridgehead atoms. The van der Waals surface area contributed by atoms with Gasteiger partial charge >= 0.3 is 0 Å². The van der Waals surface area contributed by atoms with Crippen LogP contribution in [0.3, 0.4) is 0 Å². The Bertz CT molecular complexity index is 530. The van der Waals surface area contributed by atoms with Gasteiger partial charge in [-0.15, -0.1) is 0 Å². The van der Waals surface area contributed by atoms with Gasteiger partial charge < -0.3 is 14.9 Å². The Kier molecular flexibility index (Phi) is 5.17. The summed E-state index contributed by atoms with van der Waals surface area (Å²) in [7, 11) is 0. The first-order chi connectivity index (χ1) is 11.0. The zero-order chi connectivity index (χ0) is 16.4. The lowest BCUT2D eigenvalue weighted by molar-refractivity contribution is 0.0753. The Morgan fingerprint density at radius 3 is 2.22 bits per heavy atom. The maximum absolute atomic E-state index is 12.7. The molecule has 3 rings (SSSR count). The third-order valence-electron chi connectivity index (χ3n) is 4.65. The monoisotopic (exact) mass is 334 g/mol. The van der Waals surface area contributed by atoms with Crippen LogP contribution >= 0.6 is 11.8 Å². The van der Waals surface area contributed by atoms with E-state index in [1.54, 1.807) is 0 Å². The molecule has 1 amide bonds. The van der Waals surface area contributed by atoms with Gasteiger partial charge in [-0.25, -0.2) is 0 Å². The minimum absolute atomic E-state index is 0.143. The van der Waals surface area contributed by atoms with Crippen LogP contribution in [-0.4, -0.2) is 58.7 Å². The molecule has 2 unspecified atom stereocenters. The lowest BCUT2D eigenvalue weighted by Gasteiger charge is -2.35. The van der Waals surface area contributed by atoms with E-state index in [1.807, 2.05) is 40.9 Å². The summed E-state index contributed by atoms with van der Waals surface area (Å²) in [6, 6.07) is 7.96. The first-order valence-electron chi connectivity index (χ1n) is 8.50. The highest BCUT2D eigenvalue weighted by Gasteiger charge is 2.26. The Balaban J connectivity index is 1.65. The van der Waals surface area contributed by atoms with Gasteiger partial charge in [-0.3, -0.25) is 4.79 Å². The highest BCUT2D eigenvalue weighted by Crippen LogP contribution is 2.26. The van der Waals surface area contributed by atoms with E-state index in [2.05, 4.69) is 18.7 Å². The van der Waals surface area contributed by atoms with Gasteiger partial charge in [0.05, 0.1) is 6.10 Å². The number of aliphatic hydroxyl groups is 1.